The number of amides is 2. The minimum absolute atomic E-state index is 0.119. The zero-order valence-corrected chi connectivity index (χ0v) is 21.9. The predicted molar refractivity (Wildman–Crippen MR) is 150 cm³/mol. The predicted octanol–water partition coefficient (Wildman–Crippen LogP) is 3.23. The summed E-state index contributed by atoms with van der Waals surface area (Å²) in [6.45, 7) is 0.567. The zero-order valence-electron chi connectivity index (χ0n) is 21.9. The Morgan fingerprint density at radius 2 is 1.55 bits per heavy atom. The van der Waals surface area contributed by atoms with E-state index in [1.165, 1.54) is 31.2 Å². The minimum Gasteiger partial charge on any atom is -0.391 e. The summed E-state index contributed by atoms with van der Waals surface area (Å²) in [6.07, 6.45) is 0.415. The third-order valence-corrected chi connectivity index (χ3v) is 5.82. The molecule has 2 atom stereocenters. The first-order valence-electron chi connectivity index (χ1n) is 12.6. The molecule has 40 heavy (non-hydrogen) atoms. The van der Waals surface area contributed by atoms with Crippen molar-refractivity contribution in [1.29, 1.82) is 0 Å². The summed E-state index contributed by atoms with van der Waals surface area (Å²) in [5, 5.41) is 23.9. The Hall–Kier alpha value is -4.76. The molecule has 3 aromatic carbocycles. The standard InChI is InChI=1S/C32H29FN2O5/c1-22(37)31(29(38)21-36)35-32(40)26-16-12-23(13-17-26)6-2-3-7-24-14-18-28(19-15-24)34-30(39)11-5-9-25-8-4-10-27(33)20-25/h4,8,10,12-20,22,31,36-37H,5,9,11,21H2,1H3,(H,34,39)(H,35,40)/t22-,31+/m1/s1. The summed E-state index contributed by atoms with van der Waals surface area (Å²) < 4.78 is 13.2. The van der Waals surface area contributed by atoms with Crippen molar-refractivity contribution in [2.75, 3.05) is 11.9 Å². The highest BCUT2D eigenvalue weighted by atomic mass is 19.1. The van der Waals surface area contributed by atoms with Crippen LogP contribution in [0.25, 0.3) is 0 Å². The van der Waals surface area contributed by atoms with Crippen molar-refractivity contribution in [3.05, 3.63) is 101 Å². The number of anilines is 1. The van der Waals surface area contributed by atoms with Crippen LogP contribution in [0, 0.1) is 29.5 Å². The molecule has 0 unspecified atom stereocenters. The SMILES string of the molecule is C[C@@H](O)[C@H](NC(=O)c1ccc(C#CC#Cc2ccc(NC(=O)CCCc3cccc(F)c3)cc2)cc1)C(=O)CO. The van der Waals surface area contributed by atoms with Crippen LogP contribution in [0.5, 0.6) is 0 Å². The van der Waals surface area contributed by atoms with E-state index in [2.05, 4.69) is 34.3 Å². The van der Waals surface area contributed by atoms with Gasteiger partial charge in [0, 0.05) is 28.8 Å². The molecule has 0 bridgehead atoms. The summed E-state index contributed by atoms with van der Waals surface area (Å²) >= 11 is 0. The van der Waals surface area contributed by atoms with Crippen LogP contribution >= 0.6 is 0 Å². The number of hydrogen-bond donors (Lipinski definition) is 4. The number of benzene rings is 3. The summed E-state index contributed by atoms with van der Waals surface area (Å²) in [5.41, 5.74) is 3.12. The van der Waals surface area contributed by atoms with Gasteiger partial charge >= 0.3 is 0 Å². The van der Waals surface area contributed by atoms with Crippen LogP contribution in [0.3, 0.4) is 0 Å². The molecule has 0 aliphatic rings. The molecule has 0 fully saturated rings. The lowest BCUT2D eigenvalue weighted by Gasteiger charge is -2.19. The molecule has 7 nitrogen and oxygen atoms in total. The van der Waals surface area contributed by atoms with Crippen molar-refractivity contribution in [3.8, 4) is 23.7 Å². The molecule has 0 saturated carbocycles. The molecule has 204 valence electrons. The number of carbonyl (C=O) groups excluding carboxylic acids is 3. The third kappa shape index (κ3) is 9.52. The Morgan fingerprint density at radius 3 is 2.12 bits per heavy atom. The van der Waals surface area contributed by atoms with Gasteiger partial charge in [-0.05, 0) is 97.8 Å². The maximum atomic E-state index is 13.2. The molecule has 3 aromatic rings. The number of ketones is 1. The monoisotopic (exact) mass is 540 g/mol. The molecule has 0 spiro atoms. The molecule has 0 aliphatic carbocycles. The van der Waals surface area contributed by atoms with Gasteiger partial charge in [-0.2, -0.15) is 0 Å². The third-order valence-electron chi connectivity index (χ3n) is 5.82. The summed E-state index contributed by atoms with van der Waals surface area (Å²) in [7, 11) is 0. The molecule has 8 heteroatoms. The quantitative estimate of drug-likeness (QED) is 0.295. The summed E-state index contributed by atoms with van der Waals surface area (Å²) in [6, 6.07) is 18.5. The Bertz CT molecular complexity index is 1460. The van der Waals surface area contributed by atoms with Crippen LogP contribution in [0.15, 0.2) is 72.8 Å². The van der Waals surface area contributed by atoms with Crippen LogP contribution in [0.2, 0.25) is 0 Å². The number of aryl methyl sites for hydroxylation is 1. The number of carbonyl (C=O) groups is 3. The number of hydrogen-bond acceptors (Lipinski definition) is 5. The first kappa shape index (κ1) is 29.8. The van der Waals surface area contributed by atoms with E-state index in [4.69, 9.17) is 5.11 Å². The Balaban J connectivity index is 1.48. The molecule has 4 N–H and O–H groups in total. The van der Waals surface area contributed by atoms with Gasteiger partial charge in [-0.25, -0.2) is 4.39 Å². The van der Waals surface area contributed by atoms with Gasteiger partial charge in [-0.1, -0.05) is 24.0 Å². The lowest BCUT2D eigenvalue weighted by atomic mass is 10.1. The molecule has 2 amide bonds. The average Bonchev–Trinajstić information content (AvgIpc) is 2.94. The zero-order chi connectivity index (χ0) is 28.9. The van der Waals surface area contributed by atoms with Crippen molar-refractivity contribution < 1.29 is 29.0 Å². The number of aliphatic hydroxyl groups is 2. The maximum Gasteiger partial charge on any atom is 0.251 e. The minimum atomic E-state index is -1.20. The highest BCUT2D eigenvalue weighted by molar-refractivity contribution is 5.98. The van der Waals surface area contributed by atoms with Crippen molar-refractivity contribution in [3.63, 3.8) is 0 Å². The number of aliphatic hydroxyl groups excluding tert-OH is 2. The van der Waals surface area contributed by atoms with Gasteiger partial charge in [0.25, 0.3) is 5.91 Å². The van der Waals surface area contributed by atoms with Crippen LogP contribution < -0.4 is 10.6 Å². The second-order valence-corrected chi connectivity index (χ2v) is 9.00. The van der Waals surface area contributed by atoms with Gasteiger partial charge < -0.3 is 20.8 Å². The van der Waals surface area contributed by atoms with Gasteiger partial charge in [0.05, 0.1) is 6.10 Å². The van der Waals surface area contributed by atoms with E-state index in [-0.39, 0.29) is 17.3 Å². The number of Topliss-reactive ketones (excluding diaryl/α,β-unsaturated/α-hetero) is 1. The van der Waals surface area contributed by atoms with Gasteiger partial charge in [0.15, 0.2) is 5.78 Å². The molecule has 0 aliphatic heterocycles. The van der Waals surface area contributed by atoms with E-state index in [1.807, 2.05) is 6.07 Å². The number of rotatable bonds is 10. The average molecular weight is 541 g/mol. The van der Waals surface area contributed by atoms with Gasteiger partial charge in [-0.15, -0.1) is 0 Å². The van der Waals surface area contributed by atoms with E-state index >= 15 is 0 Å². The van der Waals surface area contributed by atoms with Crippen molar-refractivity contribution in [1.82, 2.24) is 5.32 Å². The van der Waals surface area contributed by atoms with Crippen LogP contribution in [-0.2, 0) is 16.0 Å². The van der Waals surface area contributed by atoms with Gasteiger partial charge in [0.1, 0.15) is 18.5 Å². The lowest BCUT2D eigenvalue weighted by molar-refractivity contribution is -0.126. The van der Waals surface area contributed by atoms with Crippen LogP contribution in [0.1, 0.15) is 46.8 Å². The Kier molecular flexibility index (Phi) is 11.2. The Morgan fingerprint density at radius 1 is 0.925 bits per heavy atom. The lowest BCUT2D eigenvalue weighted by Crippen LogP contribution is -2.48. The molecule has 0 saturated heterocycles. The highest BCUT2D eigenvalue weighted by Gasteiger charge is 2.25. The molecular weight excluding hydrogens is 511 g/mol. The molecular formula is C32H29FN2O5. The smallest absolute Gasteiger partial charge is 0.251 e. The topological polar surface area (TPSA) is 116 Å². The maximum absolute atomic E-state index is 13.2. The van der Waals surface area contributed by atoms with Crippen molar-refractivity contribution in [2.24, 2.45) is 0 Å². The van der Waals surface area contributed by atoms with E-state index in [9.17, 15) is 23.9 Å². The van der Waals surface area contributed by atoms with E-state index < -0.39 is 30.4 Å². The number of halogens is 1. The van der Waals surface area contributed by atoms with E-state index in [0.717, 1.165) is 11.1 Å². The molecule has 0 aromatic heterocycles. The van der Waals surface area contributed by atoms with Crippen LogP contribution in [-0.4, -0.2) is 46.6 Å². The second kappa shape index (κ2) is 15.0. The van der Waals surface area contributed by atoms with Crippen LogP contribution in [0.4, 0.5) is 10.1 Å². The van der Waals surface area contributed by atoms with Crippen molar-refractivity contribution in [2.45, 2.75) is 38.3 Å². The summed E-state index contributed by atoms with van der Waals surface area (Å²) in [5.74, 6) is 9.66. The molecule has 0 radical (unpaired) electrons. The Labute approximate surface area is 232 Å². The van der Waals surface area contributed by atoms with E-state index in [0.29, 0.717) is 30.5 Å². The first-order chi connectivity index (χ1) is 19.2. The second-order valence-electron chi connectivity index (χ2n) is 9.00. The van der Waals surface area contributed by atoms with Crippen molar-refractivity contribution >= 4 is 23.3 Å². The van der Waals surface area contributed by atoms with Gasteiger partial charge in [0.2, 0.25) is 5.91 Å². The van der Waals surface area contributed by atoms with Gasteiger partial charge in [-0.3, -0.25) is 14.4 Å². The fourth-order valence-corrected chi connectivity index (χ4v) is 3.71. The summed E-state index contributed by atoms with van der Waals surface area (Å²) in [4.78, 5) is 36.2. The first-order valence-corrected chi connectivity index (χ1v) is 12.6. The fourth-order valence-electron chi connectivity index (χ4n) is 3.71. The van der Waals surface area contributed by atoms with E-state index in [1.54, 1.807) is 42.5 Å². The number of nitrogens with one attached hydrogen (secondary N) is 2. The largest absolute Gasteiger partial charge is 0.391 e. The normalized spacial score (nSPS) is 11.6. The fraction of sp³-hybridized carbons (Fsp3) is 0.219. The highest BCUT2D eigenvalue weighted by Crippen LogP contribution is 2.12. The molecule has 0 heterocycles. The molecule has 3 rings (SSSR count).